The van der Waals surface area contributed by atoms with E-state index in [1.54, 1.807) is 6.07 Å². The zero-order valence-corrected chi connectivity index (χ0v) is 13.7. The molecule has 6 N–H and O–H groups in total. The van der Waals surface area contributed by atoms with Crippen molar-refractivity contribution >= 4 is 29.2 Å². The molecule has 8 heteroatoms. The number of amides is 1. The van der Waals surface area contributed by atoms with Gasteiger partial charge >= 0.3 is 5.97 Å². The van der Waals surface area contributed by atoms with Crippen LogP contribution in [0.2, 0.25) is 0 Å². The Hall–Kier alpha value is -2.87. The number of carbonyl (C=O) groups is 2. The molecular formula is C16H18N4O3S. The molecule has 0 aliphatic rings. The van der Waals surface area contributed by atoms with E-state index in [4.69, 9.17) is 16.6 Å². The van der Waals surface area contributed by atoms with E-state index in [-0.39, 0.29) is 24.8 Å². The predicted molar refractivity (Wildman–Crippen MR) is 93.9 cm³/mol. The summed E-state index contributed by atoms with van der Waals surface area (Å²) < 4.78 is 0. The summed E-state index contributed by atoms with van der Waals surface area (Å²) >= 11 is 1.33. The number of aliphatic imine (C=N–C) groups is 1. The average Bonchev–Trinajstić information content (AvgIpc) is 3.02. The number of benzene rings is 1. The average molecular weight is 346 g/mol. The lowest BCUT2D eigenvalue weighted by Crippen LogP contribution is -2.25. The number of guanidine groups is 1. The first-order valence-electron chi connectivity index (χ1n) is 7.21. The van der Waals surface area contributed by atoms with Crippen LogP contribution in [0.15, 0.2) is 41.4 Å². The first kappa shape index (κ1) is 17.5. The van der Waals surface area contributed by atoms with Crippen LogP contribution in [0.5, 0.6) is 0 Å². The van der Waals surface area contributed by atoms with Gasteiger partial charge in [-0.05, 0) is 23.3 Å². The Bertz CT molecular complexity index is 766. The second-order valence-electron chi connectivity index (χ2n) is 4.96. The molecule has 0 aliphatic heterocycles. The number of rotatable bonds is 7. The molecule has 1 amide bonds. The SMILES string of the molecule is NC(N)=NCc1ccccc1-c1ccc(C(=O)NCCC(=O)O)s1. The molecule has 2 aromatic rings. The van der Waals surface area contributed by atoms with Gasteiger partial charge in [0.05, 0.1) is 17.8 Å². The van der Waals surface area contributed by atoms with Crippen molar-refractivity contribution < 1.29 is 14.7 Å². The number of carboxylic acids is 1. The van der Waals surface area contributed by atoms with Gasteiger partial charge in [0.25, 0.3) is 5.91 Å². The largest absolute Gasteiger partial charge is 0.481 e. The number of carbonyl (C=O) groups excluding carboxylic acids is 1. The summed E-state index contributed by atoms with van der Waals surface area (Å²) in [6.45, 7) is 0.457. The van der Waals surface area contributed by atoms with Gasteiger partial charge in [-0.2, -0.15) is 0 Å². The summed E-state index contributed by atoms with van der Waals surface area (Å²) in [5.41, 5.74) is 12.7. The second-order valence-corrected chi connectivity index (χ2v) is 6.05. The number of nitrogens with one attached hydrogen (secondary N) is 1. The van der Waals surface area contributed by atoms with Gasteiger partial charge in [-0.25, -0.2) is 4.99 Å². The molecule has 0 spiro atoms. The Morgan fingerprint density at radius 1 is 1.17 bits per heavy atom. The molecule has 1 aromatic carbocycles. The Balaban J connectivity index is 2.14. The molecule has 0 fully saturated rings. The van der Waals surface area contributed by atoms with Gasteiger partial charge in [0.2, 0.25) is 0 Å². The summed E-state index contributed by atoms with van der Waals surface area (Å²) in [5, 5.41) is 11.2. The molecule has 0 saturated heterocycles. The summed E-state index contributed by atoms with van der Waals surface area (Å²) in [5.74, 6) is -1.21. The summed E-state index contributed by atoms with van der Waals surface area (Å²) in [6.07, 6.45) is -0.106. The van der Waals surface area contributed by atoms with Crippen LogP contribution in [0.1, 0.15) is 21.7 Å². The summed E-state index contributed by atoms with van der Waals surface area (Å²) in [7, 11) is 0. The molecule has 0 saturated carbocycles. The highest BCUT2D eigenvalue weighted by Crippen LogP contribution is 2.31. The van der Waals surface area contributed by atoms with E-state index in [1.165, 1.54) is 11.3 Å². The minimum atomic E-state index is -0.948. The maximum absolute atomic E-state index is 12.0. The third-order valence-electron chi connectivity index (χ3n) is 3.17. The lowest BCUT2D eigenvalue weighted by atomic mass is 10.1. The van der Waals surface area contributed by atoms with Gasteiger partial charge in [0, 0.05) is 11.4 Å². The van der Waals surface area contributed by atoms with Crippen molar-refractivity contribution in [2.24, 2.45) is 16.5 Å². The highest BCUT2D eigenvalue weighted by molar-refractivity contribution is 7.17. The number of aliphatic carboxylic acids is 1. The molecule has 0 aliphatic carbocycles. The quantitative estimate of drug-likeness (QED) is 0.444. The van der Waals surface area contributed by atoms with Crippen LogP contribution < -0.4 is 16.8 Å². The molecule has 1 aromatic heterocycles. The molecule has 0 unspecified atom stereocenters. The van der Waals surface area contributed by atoms with E-state index in [9.17, 15) is 9.59 Å². The topological polar surface area (TPSA) is 131 Å². The van der Waals surface area contributed by atoms with Gasteiger partial charge in [0.1, 0.15) is 0 Å². The number of thiophene rings is 1. The van der Waals surface area contributed by atoms with Gasteiger partial charge in [-0.3, -0.25) is 9.59 Å². The predicted octanol–water partition coefficient (Wildman–Crippen LogP) is 1.39. The lowest BCUT2D eigenvalue weighted by Gasteiger charge is -2.05. The van der Waals surface area contributed by atoms with E-state index in [0.29, 0.717) is 11.4 Å². The number of hydrogen-bond donors (Lipinski definition) is 4. The maximum Gasteiger partial charge on any atom is 0.305 e. The van der Waals surface area contributed by atoms with E-state index in [1.807, 2.05) is 30.3 Å². The summed E-state index contributed by atoms with van der Waals surface area (Å²) in [4.78, 5) is 28.0. The fourth-order valence-electron chi connectivity index (χ4n) is 2.05. The molecule has 2 rings (SSSR count). The Morgan fingerprint density at radius 3 is 2.62 bits per heavy atom. The monoisotopic (exact) mass is 346 g/mol. The zero-order valence-electron chi connectivity index (χ0n) is 12.9. The van der Waals surface area contributed by atoms with Crippen molar-refractivity contribution in [3.8, 4) is 10.4 Å². The third kappa shape index (κ3) is 4.82. The normalized spacial score (nSPS) is 10.2. The molecule has 0 bridgehead atoms. The van der Waals surface area contributed by atoms with Crippen LogP contribution >= 0.6 is 11.3 Å². The smallest absolute Gasteiger partial charge is 0.305 e. The maximum atomic E-state index is 12.0. The molecule has 1 heterocycles. The van der Waals surface area contributed by atoms with E-state index < -0.39 is 5.97 Å². The number of nitrogens with zero attached hydrogens (tertiary/aromatic N) is 1. The van der Waals surface area contributed by atoms with E-state index >= 15 is 0 Å². The second kappa shape index (κ2) is 8.11. The Morgan fingerprint density at radius 2 is 1.92 bits per heavy atom. The van der Waals surface area contributed by atoms with E-state index in [0.717, 1.165) is 16.0 Å². The molecule has 7 nitrogen and oxygen atoms in total. The van der Waals surface area contributed by atoms with Crippen molar-refractivity contribution in [2.45, 2.75) is 13.0 Å². The van der Waals surface area contributed by atoms with Gasteiger partial charge in [-0.1, -0.05) is 24.3 Å². The Kier molecular flexibility index (Phi) is 5.91. The fourth-order valence-corrected chi connectivity index (χ4v) is 3.03. The van der Waals surface area contributed by atoms with Crippen LogP contribution in [0.3, 0.4) is 0 Å². The van der Waals surface area contributed by atoms with Crippen molar-refractivity contribution in [3.63, 3.8) is 0 Å². The van der Waals surface area contributed by atoms with Crippen molar-refractivity contribution in [1.82, 2.24) is 5.32 Å². The van der Waals surface area contributed by atoms with Gasteiger partial charge in [-0.15, -0.1) is 11.3 Å². The number of nitrogens with two attached hydrogens (primary N) is 2. The highest BCUT2D eigenvalue weighted by Gasteiger charge is 2.12. The zero-order chi connectivity index (χ0) is 17.5. The van der Waals surface area contributed by atoms with E-state index in [2.05, 4.69) is 10.3 Å². The minimum absolute atomic E-state index is 0.0227. The van der Waals surface area contributed by atoms with Crippen LogP contribution in [-0.2, 0) is 11.3 Å². The number of hydrogen-bond acceptors (Lipinski definition) is 4. The van der Waals surface area contributed by atoms with Crippen LogP contribution in [0.4, 0.5) is 0 Å². The molecule has 0 radical (unpaired) electrons. The fraction of sp³-hybridized carbons (Fsp3) is 0.188. The van der Waals surface area contributed by atoms with Crippen molar-refractivity contribution in [3.05, 3.63) is 46.8 Å². The standard InChI is InChI=1S/C16H18N4O3S/c17-16(18)20-9-10-3-1-2-4-11(10)12-5-6-13(24-12)15(23)19-8-7-14(21)22/h1-6H,7-9H2,(H,19,23)(H,21,22)(H4,17,18,20). The van der Waals surface area contributed by atoms with Crippen molar-refractivity contribution in [2.75, 3.05) is 6.54 Å². The number of carboxylic acid groups (broad SMARTS) is 1. The molecule has 24 heavy (non-hydrogen) atoms. The highest BCUT2D eigenvalue weighted by atomic mass is 32.1. The van der Waals surface area contributed by atoms with Crippen LogP contribution in [0, 0.1) is 0 Å². The van der Waals surface area contributed by atoms with Crippen LogP contribution in [-0.4, -0.2) is 29.5 Å². The van der Waals surface area contributed by atoms with Crippen LogP contribution in [0.25, 0.3) is 10.4 Å². The first-order valence-corrected chi connectivity index (χ1v) is 8.02. The Labute approximate surface area is 143 Å². The molecule has 126 valence electrons. The lowest BCUT2D eigenvalue weighted by molar-refractivity contribution is -0.136. The molecular weight excluding hydrogens is 328 g/mol. The molecule has 0 atom stereocenters. The van der Waals surface area contributed by atoms with Gasteiger partial charge in [0.15, 0.2) is 5.96 Å². The minimum Gasteiger partial charge on any atom is -0.481 e. The van der Waals surface area contributed by atoms with Crippen molar-refractivity contribution in [1.29, 1.82) is 0 Å². The first-order chi connectivity index (χ1) is 11.5. The summed E-state index contributed by atoms with van der Waals surface area (Å²) in [6, 6.07) is 11.2. The van der Waals surface area contributed by atoms with Gasteiger partial charge < -0.3 is 21.9 Å². The third-order valence-corrected chi connectivity index (χ3v) is 4.29.